The zero-order chi connectivity index (χ0) is 14.0. The van der Waals surface area contributed by atoms with Gasteiger partial charge in [-0.1, -0.05) is 30.3 Å². The summed E-state index contributed by atoms with van der Waals surface area (Å²) >= 11 is 0. The van der Waals surface area contributed by atoms with Crippen molar-refractivity contribution in [3.05, 3.63) is 61.6 Å². The highest BCUT2D eigenvalue weighted by Gasteiger charge is 2.19. The normalized spacial score (nSPS) is 12.1. The van der Waals surface area contributed by atoms with Crippen LogP contribution < -0.4 is 11.2 Å². The summed E-state index contributed by atoms with van der Waals surface area (Å²) in [6.45, 7) is 1.66. The van der Waals surface area contributed by atoms with Gasteiger partial charge in [0.05, 0.1) is 6.04 Å². The number of aromatic amines is 1. The fourth-order valence-electron chi connectivity index (χ4n) is 1.85. The number of nitrogens with one attached hydrogen (secondary N) is 1. The van der Waals surface area contributed by atoms with Crippen LogP contribution in [0.15, 0.2) is 45.1 Å². The van der Waals surface area contributed by atoms with Crippen molar-refractivity contribution in [1.82, 2.24) is 9.55 Å². The van der Waals surface area contributed by atoms with Gasteiger partial charge >= 0.3 is 5.69 Å². The number of hydrogen-bond donors (Lipinski definition) is 2. The lowest BCUT2D eigenvalue weighted by atomic mass is 10.1. The van der Waals surface area contributed by atoms with Crippen molar-refractivity contribution in [3.63, 3.8) is 0 Å². The smallest absolute Gasteiger partial charge is 0.331 e. The highest BCUT2D eigenvalue weighted by Crippen LogP contribution is 2.25. The molecule has 1 atom stereocenters. The Morgan fingerprint density at radius 1 is 1.26 bits per heavy atom. The largest absolute Gasteiger partial charge is 0.493 e. The Balaban J connectivity index is 2.67. The Morgan fingerprint density at radius 2 is 1.89 bits per heavy atom. The Labute approximate surface area is 107 Å². The van der Waals surface area contributed by atoms with E-state index in [1.165, 1.54) is 0 Å². The van der Waals surface area contributed by atoms with E-state index in [2.05, 4.69) is 5.18 Å². The van der Waals surface area contributed by atoms with Crippen LogP contribution in [0, 0.1) is 4.91 Å². The third-order valence-electron chi connectivity index (χ3n) is 2.85. The Hall–Kier alpha value is -2.70. The lowest BCUT2D eigenvalue weighted by molar-refractivity contribution is 0.391. The number of H-pyrrole nitrogens is 1. The number of nitroso groups, excluding NO2 is 1. The average Bonchev–Trinajstić information content (AvgIpc) is 2.39. The molecule has 7 nitrogen and oxygen atoms in total. The van der Waals surface area contributed by atoms with Crippen molar-refractivity contribution in [1.29, 1.82) is 0 Å². The van der Waals surface area contributed by atoms with E-state index in [0.717, 1.165) is 10.1 Å². The number of benzene rings is 1. The molecule has 1 aromatic carbocycles. The molecule has 0 fully saturated rings. The van der Waals surface area contributed by atoms with Crippen LogP contribution in [0.4, 0.5) is 5.69 Å². The molecule has 1 aromatic heterocycles. The number of nitrogens with zero attached hydrogens (tertiary/aromatic N) is 2. The van der Waals surface area contributed by atoms with Crippen LogP contribution in [0.1, 0.15) is 18.5 Å². The molecule has 2 rings (SSSR count). The third-order valence-corrected chi connectivity index (χ3v) is 2.85. The van der Waals surface area contributed by atoms with Gasteiger partial charge in [0, 0.05) is 0 Å². The molecular formula is C12H11N3O4. The first-order valence-corrected chi connectivity index (χ1v) is 5.52. The second-order valence-electron chi connectivity index (χ2n) is 3.98. The molecule has 19 heavy (non-hydrogen) atoms. The SMILES string of the molecule is CC(c1ccccc1)n1c(O)c(N=O)c(=O)[nH]c1=O. The van der Waals surface area contributed by atoms with Gasteiger partial charge in [-0.05, 0) is 17.7 Å². The minimum absolute atomic E-state index is 0.550. The van der Waals surface area contributed by atoms with Gasteiger partial charge in [0.2, 0.25) is 11.6 Å². The Bertz CT molecular complexity index is 718. The lowest BCUT2D eigenvalue weighted by Crippen LogP contribution is -2.31. The molecule has 0 aliphatic heterocycles. The second-order valence-corrected chi connectivity index (χ2v) is 3.98. The van der Waals surface area contributed by atoms with Crippen LogP contribution in [0.2, 0.25) is 0 Å². The molecular weight excluding hydrogens is 250 g/mol. The molecule has 0 radical (unpaired) electrons. The van der Waals surface area contributed by atoms with E-state index in [1.54, 1.807) is 31.2 Å². The molecule has 0 saturated heterocycles. The lowest BCUT2D eigenvalue weighted by Gasteiger charge is -2.16. The van der Waals surface area contributed by atoms with Gasteiger partial charge in [0.25, 0.3) is 5.56 Å². The molecule has 0 spiro atoms. The van der Waals surface area contributed by atoms with Crippen LogP contribution in [-0.4, -0.2) is 14.7 Å². The van der Waals surface area contributed by atoms with E-state index in [-0.39, 0.29) is 0 Å². The van der Waals surface area contributed by atoms with Crippen molar-refractivity contribution in [3.8, 4) is 5.88 Å². The van der Waals surface area contributed by atoms with E-state index in [9.17, 15) is 19.6 Å². The second kappa shape index (κ2) is 4.89. The first-order valence-electron chi connectivity index (χ1n) is 5.52. The molecule has 0 bridgehead atoms. The van der Waals surface area contributed by atoms with E-state index < -0.39 is 28.9 Å². The van der Waals surface area contributed by atoms with E-state index >= 15 is 0 Å². The molecule has 0 saturated carbocycles. The number of aromatic hydroxyl groups is 1. The van der Waals surface area contributed by atoms with E-state index in [1.807, 2.05) is 11.1 Å². The van der Waals surface area contributed by atoms with Gasteiger partial charge in [-0.15, -0.1) is 4.91 Å². The van der Waals surface area contributed by atoms with Gasteiger partial charge in [-0.2, -0.15) is 0 Å². The summed E-state index contributed by atoms with van der Waals surface area (Å²) in [5.41, 5.74) is -1.77. The van der Waals surface area contributed by atoms with Crippen LogP contribution in [0.25, 0.3) is 0 Å². The van der Waals surface area contributed by atoms with Crippen molar-refractivity contribution < 1.29 is 5.11 Å². The molecule has 7 heteroatoms. The number of hydrogen-bond acceptors (Lipinski definition) is 5. The Kier molecular flexibility index (Phi) is 3.28. The maximum atomic E-state index is 11.7. The quantitative estimate of drug-likeness (QED) is 0.811. The fraction of sp³-hybridized carbons (Fsp3) is 0.167. The number of rotatable bonds is 3. The third kappa shape index (κ3) is 2.17. The van der Waals surface area contributed by atoms with Crippen molar-refractivity contribution in [2.75, 3.05) is 0 Å². The van der Waals surface area contributed by atoms with Gasteiger partial charge < -0.3 is 5.11 Å². The molecule has 1 unspecified atom stereocenters. The average molecular weight is 261 g/mol. The highest BCUT2D eigenvalue weighted by atomic mass is 16.3. The summed E-state index contributed by atoms with van der Waals surface area (Å²) in [7, 11) is 0. The topological polar surface area (TPSA) is 105 Å². The molecule has 98 valence electrons. The molecule has 2 N–H and O–H groups in total. The van der Waals surface area contributed by atoms with Gasteiger partial charge in [-0.25, -0.2) is 4.79 Å². The number of aromatic nitrogens is 2. The van der Waals surface area contributed by atoms with E-state index in [4.69, 9.17) is 0 Å². The summed E-state index contributed by atoms with van der Waals surface area (Å²) in [5, 5.41) is 12.3. The van der Waals surface area contributed by atoms with Crippen LogP contribution in [0.3, 0.4) is 0 Å². The predicted octanol–water partition coefficient (Wildman–Crippen LogP) is 1.25. The minimum Gasteiger partial charge on any atom is -0.493 e. The summed E-state index contributed by atoms with van der Waals surface area (Å²) in [5.74, 6) is -0.736. The van der Waals surface area contributed by atoms with Crippen LogP contribution in [0.5, 0.6) is 5.88 Å². The zero-order valence-electron chi connectivity index (χ0n) is 10.0. The fourth-order valence-corrected chi connectivity index (χ4v) is 1.85. The summed E-state index contributed by atoms with van der Waals surface area (Å²) < 4.78 is 0.910. The van der Waals surface area contributed by atoms with Crippen LogP contribution in [-0.2, 0) is 0 Å². The summed E-state index contributed by atoms with van der Waals surface area (Å²) in [4.78, 5) is 35.5. The molecule has 0 amide bonds. The van der Waals surface area contributed by atoms with Gasteiger partial charge in [-0.3, -0.25) is 14.3 Å². The zero-order valence-corrected chi connectivity index (χ0v) is 10.0. The van der Waals surface area contributed by atoms with Crippen molar-refractivity contribution in [2.24, 2.45) is 5.18 Å². The minimum atomic E-state index is -1.01. The van der Waals surface area contributed by atoms with Crippen LogP contribution >= 0.6 is 0 Å². The first-order chi connectivity index (χ1) is 9.06. The summed E-state index contributed by atoms with van der Waals surface area (Å²) in [6, 6.07) is 8.33. The maximum Gasteiger partial charge on any atom is 0.331 e. The predicted molar refractivity (Wildman–Crippen MR) is 68.7 cm³/mol. The van der Waals surface area contributed by atoms with Gasteiger partial charge in [0.1, 0.15) is 0 Å². The highest BCUT2D eigenvalue weighted by molar-refractivity contribution is 5.44. The molecule has 0 aliphatic carbocycles. The van der Waals surface area contributed by atoms with E-state index in [0.29, 0.717) is 0 Å². The maximum absolute atomic E-state index is 11.7. The van der Waals surface area contributed by atoms with Crippen molar-refractivity contribution >= 4 is 5.69 Å². The Morgan fingerprint density at radius 3 is 2.47 bits per heavy atom. The molecule has 0 aliphatic rings. The molecule has 2 aromatic rings. The van der Waals surface area contributed by atoms with Crippen molar-refractivity contribution in [2.45, 2.75) is 13.0 Å². The molecule has 1 heterocycles. The monoisotopic (exact) mass is 261 g/mol. The standard InChI is InChI=1S/C12H11N3O4/c1-7(8-5-3-2-4-6-8)15-11(17)9(14-19)10(16)13-12(15)18/h2-7,17H,1H3,(H,13,16,18). The summed E-state index contributed by atoms with van der Waals surface area (Å²) in [6.07, 6.45) is 0. The van der Waals surface area contributed by atoms with Gasteiger partial charge in [0.15, 0.2) is 0 Å². The first kappa shape index (κ1) is 12.7.